The molecule has 23 heavy (non-hydrogen) atoms. The third kappa shape index (κ3) is 6.58. The smallest absolute Gasteiger partial charge is 0.251 e. The summed E-state index contributed by atoms with van der Waals surface area (Å²) in [5, 5.41) is 6.55. The van der Waals surface area contributed by atoms with E-state index in [4.69, 9.17) is 0 Å². The second-order valence-corrected chi connectivity index (χ2v) is 6.02. The zero-order valence-electron chi connectivity index (χ0n) is 14.2. The topological polar surface area (TPSA) is 44.4 Å². The van der Waals surface area contributed by atoms with Gasteiger partial charge >= 0.3 is 0 Å². The first-order valence-corrected chi connectivity index (χ1v) is 7.95. The first-order valence-electron chi connectivity index (χ1n) is 7.95. The molecule has 1 aliphatic rings. The Morgan fingerprint density at radius 2 is 1.96 bits per heavy atom. The lowest BCUT2D eigenvalue weighted by molar-refractivity contribution is 0.0925. The van der Waals surface area contributed by atoms with Gasteiger partial charge in [-0.25, -0.2) is 0 Å². The normalized spacial score (nSPS) is 20.0. The van der Waals surface area contributed by atoms with Gasteiger partial charge in [0.15, 0.2) is 0 Å². The standard InChI is InChI=1S/C17H27N3O.2ClH/c1-4-11-20(3)16-7-5-14(6-8-16)17(21)19-15-9-10-18-13(2)12-15;;/h5-8,13,15,18H,4,9-12H2,1-3H3,(H,19,21);2*1H. The zero-order valence-corrected chi connectivity index (χ0v) is 15.8. The molecule has 1 aromatic rings. The summed E-state index contributed by atoms with van der Waals surface area (Å²) >= 11 is 0. The fourth-order valence-electron chi connectivity index (χ4n) is 2.86. The highest BCUT2D eigenvalue weighted by Crippen LogP contribution is 2.15. The number of nitrogens with zero attached hydrogens (tertiary/aromatic N) is 1. The van der Waals surface area contributed by atoms with Crippen molar-refractivity contribution < 1.29 is 4.79 Å². The van der Waals surface area contributed by atoms with Crippen LogP contribution in [0.15, 0.2) is 24.3 Å². The van der Waals surface area contributed by atoms with E-state index in [-0.39, 0.29) is 36.8 Å². The molecule has 1 aliphatic heterocycles. The molecule has 0 bridgehead atoms. The van der Waals surface area contributed by atoms with Crippen molar-refractivity contribution in [2.75, 3.05) is 25.0 Å². The van der Waals surface area contributed by atoms with Gasteiger partial charge in [-0.3, -0.25) is 4.79 Å². The Kier molecular flexibility index (Phi) is 10.3. The number of amides is 1. The molecule has 0 radical (unpaired) electrons. The van der Waals surface area contributed by atoms with E-state index < -0.39 is 0 Å². The Bertz CT molecular complexity index is 467. The molecular formula is C17H29Cl2N3O. The summed E-state index contributed by atoms with van der Waals surface area (Å²) in [5.74, 6) is 0.0406. The Hall–Kier alpha value is -0.970. The van der Waals surface area contributed by atoms with Crippen molar-refractivity contribution in [2.45, 2.75) is 45.2 Å². The molecule has 1 fully saturated rings. The number of carbonyl (C=O) groups excluding carboxylic acids is 1. The van der Waals surface area contributed by atoms with E-state index in [1.54, 1.807) is 0 Å². The zero-order chi connectivity index (χ0) is 15.2. The molecule has 0 saturated carbocycles. The molecule has 0 spiro atoms. The Labute approximate surface area is 152 Å². The molecule has 2 rings (SSSR count). The molecule has 2 atom stereocenters. The van der Waals surface area contributed by atoms with Gasteiger partial charge in [0.05, 0.1) is 0 Å². The number of nitrogens with one attached hydrogen (secondary N) is 2. The van der Waals surface area contributed by atoms with Gasteiger partial charge in [0.25, 0.3) is 5.91 Å². The maximum Gasteiger partial charge on any atom is 0.251 e. The van der Waals surface area contributed by atoms with Crippen molar-refractivity contribution in [3.05, 3.63) is 29.8 Å². The van der Waals surface area contributed by atoms with E-state index in [2.05, 4.69) is 36.4 Å². The van der Waals surface area contributed by atoms with E-state index in [1.807, 2.05) is 24.3 Å². The lowest BCUT2D eigenvalue weighted by atomic mass is 10.0. The van der Waals surface area contributed by atoms with Crippen molar-refractivity contribution in [3.63, 3.8) is 0 Å². The summed E-state index contributed by atoms with van der Waals surface area (Å²) in [6.07, 6.45) is 3.13. The Morgan fingerprint density at radius 1 is 1.30 bits per heavy atom. The van der Waals surface area contributed by atoms with E-state index >= 15 is 0 Å². The van der Waals surface area contributed by atoms with Crippen LogP contribution in [-0.4, -0.2) is 38.1 Å². The molecule has 4 nitrogen and oxygen atoms in total. The fraction of sp³-hybridized carbons (Fsp3) is 0.588. The largest absolute Gasteiger partial charge is 0.375 e. The van der Waals surface area contributed by atoms with Crippen molar-refractivity contribution in [1.29, 1.82) is 0 Å². The molecule has 132 valence electrons. The molecule has 2 unspecified atom stereocenters. The second-order valence-electron chi connectivity index (χ2n) is 6.02. The highest BCUT2D eigenvalue weighted by molar-refractivity contribution is 5.94. The minimum Gasteiger partial charge on any atom is -0.375 e. The SMILES string of the molecule is CCCN(C)c1ccc(C(=O)NC2CCNC(C)C2)cc1.Cl.Cl. The highest BCUT2D eigenvalue weighted by atomic mass is 35.5. The van der Waals surface area contributed by atoms with Gasteiger partial charge < -0.3 is 15.5 Å². The van der Waals surface area contributed by atoms with Gasteiger partial charge in [-0.15, -0.1) is 24.8 Å². The van der Waals surface area contributed by atoms with Crippen LogP contribution >= 0.6 is 24.8 Å². The van der Waals surface area contributed by atoms with Gasteiger partial charge in [-0.05, 0) is 57.0 Å². The third-order valence-electron chi connectivity index (χ3n) is 4.09. The Morgan fingerprint density at radius 3 is 2.52 bits per heavy atom. The molecule has 6 heteroatoms. The minimum absolute atomic E-state index is 0. The molecule has 1 amide bonds. The summed E-state index contributed by atoms with van der Waals surface area (Å²) in [7, 11) is 2.08. The summed E-state index contributed by atoms with van der Waals surface area (Å²) in [6, 6.07) is 8.65. The van der Waals surface area contributed by atoms with Crippen LogP contribution < -0.4 is 15.5 Å². The van der Waals surface area contributed by atoms with Crippen LogP contribution in [0.4, 0.5) is 5.69 Å². The average molecular weight is 362 g/mol. The fourth-order valence-corrected chi connectivity index (χ4v) is 2.86. The van der Waals surface area contributed by atoms with Crippen molar-refractivity contribution in [3.8, 4) is 0 Å². The predicted octanol–water partition coefficient (Wildman–Crippen LogP) is 3.25. The molecule has 1 aromatic carbocycles. The third-order valence-corrected chi connectivity index (χ3v) is 4.09. The van der Waals surface area contributed by atoms with Gasteiger partial charge in [0.2, 0.25) is 0 Å². The van der Waals surface area contributed by atoms with Crippen LogP contribution in [0.1, 0.15) is 43.5 Å². The summed E-state index contributed by atoms with van der Waals surface area (Å²) in [4.78, 5) is 14.5. The first kappa shape index (κ1) is 22.0. The predicted molar refractivity (Wildman–Crippen MR) is 102 cm³/mol. The molecular weight excluding hydrogens is 333 g/mol. The molecule has 0 aromatic heterocycles. The van der Waals surface area contributed by atoms with Crippen LogP contribution in [0.2, 0.25) is 0 Å². The summed E-state index contributed by atoms with van der Waals surface area (Å²) < 4.78 is 0. The second kappa shape index (κ2) is 10.7. The number of piperidine rings is 1. The quantitative estimate of drug-likeness (QED) is 0.845. The number of carbonyl (C=O) groups is 1. The van der Waals surface area contributed by atoms with Gasteiger partial charge in [0.1, 0.15) is 0 Å². The van der Waals surface area contributed by atoms with E-state index in [0.29, 0.717) is 6.04 Å². The van der Waals surface area contributed by atoms with Gasteiger partial charge in [0, 0.05) is 36.9 Å². The number of hydrogen-bond donors (Lipinski definition) is 2. The maximum atomic E-state index is 12.3. The number of hydrogen-bond acceptors (Lipinski definition) is 3. The number of anilines is 1. The molecule has 1 heterocycles. The number of halogens is 2. The number of rotatable bonds is 5. The van der Waals surface area contributed by atoms with E-state index in [9.17, 15) is 4.79 Å². The monoisotopic (exact) mass is 361 g/mol. The van der Waals surface area contributed by atoms with Crippen LogP contribution in [0.25, 0.3) is 0 Å². The number of benzene rings is 1. The molecule has 2 N–H and O–H groups in total. The van der Waals surface area contributed by atoms with Crippen LogP contribution in [0.5, 0.6) is 0 Å². The van der Waals surface area contributed by atoms with Crippen LogP contribution in [0.3, 0.4) is 0 Å². The summed E-state index contributed by atoms with van der Waals surface area (Å²) in [6.45, 7) is 6.33. The lowest BCUT2D eigenvalue weighted by Crippen LogP contribution is -2.46. The maximum absolute atomic E-state index is 12.3. The van der Waals surface area contributed by atoms with Crippen molar-refractivity contribution in [1.82, 2.24) is 10.6 Å². The lowest BCUT2D eigenvalue weighted by Gasteiger charge is -2.28. The average Bonchev–Trinajstić information content (AvgIpc) is 2.47. The van der Waals surface area contributed by atoms with E-state index in [0.717, 1.165) is 43.6 Å². The molecule has 1 saturated heterocycles. The Balaban J connectivity index is 0.00000242. The summed E-state index contributed by atoms with van der Waals surface area (Å²) in [5.41, 5.74) is 1.90. The highest BCUT2D eigenvalue weighted by Gasteiger charge is 2.20. The van der Waals surface area contributed by atoms with Gasteiger partial charge in [-0.2, -0.15) is 0 Å². The van der Waals surface area contributed by atoms with Crippen LogP contribution in [-0.2, 0) is 0 Å². The van der Waals surface area contributed by atoms with E-state index in [1.165, 1.54) is 0 Å². The van der Waals surface area contributed by atoms with Crippen molar-refractivity contribution in [2.24, 2.45) is 0 Å². The minimum atomic E-state index is 0. The van der Waals surface area contributed by atoms with Crippen molar-refractivity contribution >= 4 is 36.4 Å². The van der Waals surface area contributed by atoms with Crippen LogP contribution in [0, 0.1) is 0 Å². The van der Waals surface area contributed by atoms with Gasteiger partial charge in [-0.1, -0.05) is 6.92 Å². The molecule has 0 aliphatic carbocycles. The first-order chi connectivity index (χ1) is 10.1.